The van der Waals surface area contributed by atoms with Gasteiger partial charge < -0.3 is 14.7 Å². The van der Waals surface area contributed by atoms with Gasteiger partial charge in [0.1, 0.15) is 17.9 Å². The number of rotatable bonds is 3. The van der Waals surface area contributed by atoms with E-state index in [1.165, 1.54) is 25.8 Å². The van der Waals surface area contributed by atoms with E-state index in [4.69, 9.17) is 4.74 Å². The molecule has 108 valence electrons. The van der Waals surface area contributed by atoms with Gasteiger partial charge in [-0.3, -0.25) is 4.79 Å². The van der Waals surface area contributed by atoms with E-state index in [1.807, 2.05) is 24.3 Å². The second-order valence-electron chi connectivity index (χ2n) is 5.58. The SMILES string of the molecule is CN(C(=O)C1COc2ccccc2C1)C(C)(C)C(=O)O. The van der Waals surface area contributed by atoms with Gasteiger partial charge in [0.15, 0.2) is 0 Å². The normalized spacial score (nSPS) is 17.9. The topological polar surface area (TPSA) is 66.8 Å². The molecule has 0 radical (unpaired) electrons. The molecule has 1 atom stereocenters. The number of carboxylic acids is 1. The Hall–Kier alpha value is -2.04. The van der Waals surface area contributed by atoms with E-state index in [9.17, 15) is 14.7 Å². The molecule has 5 nitrogen and oxygen atoms in total. The fraction of sp³-hybridized carbons (Fsp3) is 0.467. The van der Waals surface area contributed by atoms with E-state index in [0.717, 1.165) is 11.3 Å². The van der Waals surface area contributed by atoms with Crippen molar-refractivity contribution in [1.29, 1.82) is 0 Å². The molecule has 0 aromatic heterocycles. The van der Waals surface area contributed by atoms with Crippen molar-refractivity contribution in [1.82, 2.24) is 4.90 Å². The number of likely N-dealkylation sites (N-methyl/N-ethyl adjacent to an activating group) is 1. The second kappa shape index (κ2) is 5.15. The van der Waals surface area contributed by atoms with Crippen molar-refractivity contribution < 1.29 is 19.4 Å². The summed E-state index contributed by atoms with van der Waals surface area (Å²) >= 11 is 0. The average Bonchev–Trinajstić information content (AvgIpc) is 2.44. The maximum Gasteiger partial charge on any atom is 0.329 e. The van der Waals surface area contributed by atoms with Gasteiger partial charge >= 0.3 is 5.97 Å². The van der Waals surface area contributed by atoms with Crippen LogP contribution in [-0.4, -0.2) is 41.1 Å². The number of amides is 1. The summed E-state index contributed by atoms with van der Waals surface area (Å²) in [7, 11) is 1.52. The van der Waals surface area contributed by atoms with Crippen LogP contribution < -0.4 is 4.74 Å². The van der Waals surface area contributed by atoms with Crippen LogP contribution in [0.4, 0.5) is 0 Å². The summed E-state index contributed by atoms with van der Waals surface area (Å²) in [5.74, 6) is -0.761. The first-order valence-corrected chi connectivity index (χ1v) is 6.56. The highest BCUT2D eigenvalue weighted by Gasteiger charge is 2.39. The van der Waals surface area contributed by atoms with Crippen LogP contribution >= 0.6 is 0 Å². The van der Waals surface area contributed by atoms with Crippen LogP contribution in [0.3, 0.4) is 0 Å². The third-order valence-corrected chi connectivity index (χ3v) is 3.92. The third-order valence-electron chi connectivity index (χ3n) is 3.92. The molecule has 0 saturated heterocycles. The number of hydrogen-bond acceptors (Lipinski definition) is 3. The Balaban J connectivity index is 2.14. The first-order valence-electron chi connectivity index (χ1n) is 6.56. The van der Waals surface area contributed by atoms with E-state index in [2.05, 4.69) is 0 Å². The number of aliphatic carboxylic acids is 1. The minimum Gasteiger partial charge on any atom is -0.492 e. The Bertz CT molecular complexity index is 538. The van der Waals surface area contributed by atoms with Crippen LogP contribution in [0.2, 0.25) is 0 Å². The van der Waals surface area contributed by atoms with Crippen molar-refractivity contribution in [3.8, 4) is 5.75 Å². The van der Waals surface area contributed by atoms with Gasteiger partial charge in [0.05, 0.1) is 5.92 Å². The molecular formula is C15H19NO4. The number of carbonyl (C=O) groups is 2. The highest BCUT2D eigenvalue weighted by atomic mass is 16.5. The van der Waals surface area contributed by atoms with E-state index < -0.39 is 11.5 Å². The van der Waals surface area contributed by atoms with Crippen LogP contribution in [0.1, 0.15) is 19.4 Å². The van der Waals surface area contributed by atoms with Gasteiger partial charge in [-0.1, -0.05) is 18.2 Å². The zero-order chi connectivity index (χ0) is 14.9. The van der Waals surface area contributed by atoms with Crippen molar-refractivity contribution in [2.45, 2.75) is 25.8 Å². The molecule has 1 amide bonds. The first-order chi connectivity index (χ1) is 9.34. The van der Waals surface area contributed by atoms with Crippen LogP contribution in [-0.2, 0) is 16.0 Å². The molecule has 1 unspecified atom stereocenters. The fourth-order valence-electron chi connectivity index (χ4n) is 2.18. The molecule has 1 aromatic rings. The van der Waals surface area contributed by atoms with Gasteiger partial charge in [-0.05, 0) is 31.9 Å². The molecule has 1 N–H and O–H groups in total. The Kier molecular flexibility index (Phi) is 3.70. The van der Waals surface area contributed by atoms with Crippen molar-refractivity contribution in [3.63, 3.8) is 0 Å². The number of nitrogens with zero attached hydrogens (tertiary/aromatic N) is 1. The zero-order valence-electron chi connectivity index (χ0n) is 11.9. The summed E-state index contributed by atoms with van der Waals surface area (Å²) < 4.78 is 5.59. The van der Waals surface area contributed by atoms with Crippen molar-refractivity contribution in [2.75, 3.05) is 13.7 Å². The van der Waals surface area contributed by atoms with Crippen LogP contribution in [0.25, 0.3) is 0 Å². The molecule has 1 aliphatic rings. The molecule has 0 aliphatic carbocycles. The molecule has 1 aliphatic heterocycles. The van der Waals surface area contributed by atoms with E-state index in [0.29, 0.717) is 6.42 Å². The highest BCUT2D eigenvalue weighted by Crippen LogP contribution is 2.28. The minimum atomic E-state index is -1.23. The van der Waals surface area contributed by atoms with Gasteiger partial charge in [0.25, 0.3) is 0 Å². The van der Waals surface area contributed by atoms with E-state index >= 15 is 0 Å². The lowest BCUT2D eigenvalue weighted by molar-refractivity contribution is -0.157. The van der Waals surface area contributed by atoms with Gasteiger partial charge in [-0.25, -0.2) is 4.79 Å². The molecular weight excluding hydrogens is 258 g/mol. The number of benzene rings is 1. The molecule has 5 heteroatoms. The van der Waals surface area contributed by atoms with Crippen molar-refractivity contribution in [3.05, 3.63) is 29.8 Å². The van der Waals surface area contributed by atoms with Gasteiger partial charge in [-0.15, -0.1) is 0 Å². The lowest BCUT2D eigenvalue weighted by Gasteiger charge is -2.35. The molecule has 0 bridgehead atoms. The number of carbonyl (C=O) groups excluding carboxylic acids is 1. The quantitative estimate of drug-likeness (QED) is 0.910. The predicted octanol–water partition coefficient (Wildman–Crippen LogP) is 1.56. The fourth-order valence-corrected chi connectivity index (χ4v) is 2.18. The summed E-state index contributed by atoms with van der Waals surface area (Å²) in [5.41, 5.74) is -0.243. The molecule has 0 saturated carbocycles. The van der Waals surface area contributed by atoms with Gasteiger partial charge in [-0.2, -0.15) is 0 Å². The Morgan fingerprint density at radius 3 is 2.65 bits per heavy atom. The lowest BCUT2D eigenvalue weighted by Crippen LogP contribution is -2.53. The molecule has 20 heavy (non-hydrogen) atoms. The molecule has 2 rings (SSSR count). The summed E-state index contributed by atoms with van der Waals surface area (Å²) in [4.78, 5) is 25.0. The number of ether oxygens (including phenoxy) is 1. The van der Waals surface area contributed by atoms with E-state index in [1.54, 1.807) is 0 Å². The maximum atomic E-state index is 12.4. The molecule has 0 fully saturated rings. The van der Waals surface area contributed by atoms with Crippen LogP contribution in [0.15, 0.2) is 24.3 Å². The van der Waals surface area contributed by atoms with Gasteiger partial charge in [0.2, 0.25) is 5.91 Å². The lowest BCUT2D eigenvalue weighted by atomic mass is 9.93. The highest BCUT2D eigenvalue weighted by molar-refractivity contribution is 5.87. The monoisotopic (exact) mass is 277 g/mol. The summed E-state index contributed by atoms with van der Waals surface area (Å²) in [6.07, 6.45) is 0.578. The first kappa shape index (κ1) is 14.4. The van der Waals surface area contributed by atoms with Crippen LogP contribution in [0.5, 0.6) is 5.75 Å². The molecule has 0 spiro atoms. The number of carboxylic acid groups (broad SMARTS) is 1. The van der Waals surface area contributed by atoms with E-state index in [-0.39, 0.29) is 18.4 Å². The minimum absolute atomic E-state index is 0.202. The largest absolute Gasteiger partial charge is 0.492 e. The average molecular weight is 277 g/mol. The van der Waals surface area contributed by atoms with Crippen molar-refractivity contribution >= 4 is 11.9 Å². The van der Waals surface area contributed by atoms with Crippen LogP contribution in [0, 0.1) is 5.92 Å². The third kappa shape index (κ3) is 2.48. The van der Waals surface area contributed by atoms with Gasteiger partial charge in [0, 0.05) is 7.05 Å². The maximum absolute atomic E-state index is 12.4. The molecule has 1 heterocycles. The predicted molar refractivity (Wildman–Crippen MR) is 73.6 cm³/mol. The second-order valence-corrected chi connectivity index (χ2v) is 5.58. The Morgan fingerprint density at radius 2 is 2.00 bits per heavy atom. The zero-order valence-corrected chi connectivity index (χ0v) is 11.9. The summed E-state index contributed by atoms with van der Waals surface area (Å²) in [6, 6.07) is 7.60. The standard InChI is InChI=1S/C15H19NO4/c1-15(2,14(18)19)16(3)13(17)11-8-10-6-4-5-7-12(10)20-9-11/h4-7,11H,8-9H2,1-3H3,(H,18,19). The summed E-state index contributed by atoms with van der Waals surface area (Å²) in [5, 5.41) is 9.19. The smallest absolute Gasteiger partial charge is 0.329 e. The number of fused-ring (bicyclic) bond motifs is 1. The number of para-hydroxylation sites is 1. The van der Waals surface area contributed by atoms with Crippen molar-refractivity contribution in [2.24, 2.45) is 5.92 Å². The molecule has 1 aromatic carbocycles. The summed E-state index contributed by atoms with van der Waals surface area (Å²) in [6.45, 7) is 3.33. The Morgan fingerprint density at radius 1 is 1.35 bits per heavy atom. The number of hydrogen-bond donors (Lipinski definition) is 1. The Labute approximate surface area is 118 Å².